The van der Waals surface area contributed by atoms with Gasteiger partial charge in [0.15, 0.2) is 6.73 Å². The van der Waals surface area contributed by atoms with Gasteiger partial charge < -0.3 is 4.74 Å². The van der Waals surface area contributed by atoms with E-state index in [9.17, 15) is 4.79 Å². The zero-order valence-corrected chi connectivity index (χ0v) is 9.65. The standard InChI is InChI=1S/C10H10N6O2/c1-7-8(5-13-15-11)3-2-4-9(7)10(17)18-6-14-16-12/h2-4H,5-6H2,1H3. The van der Waals surface area contributed by atoms with Gasteiger partial charge in [-0.2, -0.15) is 0 Å². The van der Waals surface area contributed by atoms with Gasteiger partial charge in [0, 0.05) is 9.82 Å². The Morgan fingerprint density at radius 2 is 2.06 bits per heavy atom. The maximum absolute atomic E-state index is 11.7. The fourth-order valence-corrected chi connectivity index (χ4v) is 1.37. The second-order valence-corrected chi connectivity index (χ2v) is 3.27. The van der Waals surface area contributed by atoms with Crippen molar-refractivity contribution in [1.82, 2.24) is 0 Å². The van der Waals surface area contributed by atoms with Crippen LogP contribution in [0.2, 0.25) is 0 Å². The van der Waals surface area contributed by atoms with E-state index in [4.69, 9.17) is 15.8 Å². The van der Waals surface area contributed by atoms with E-state index >= 15 is 0 Å². The topological polar surface area (TPSA) is 124 Å². The summed E-state index contributed by atoms with van der Waals surface area (Å²) in [6.45, 7) is 1.54. The fraction of sp³-hybridized carbons (Fsp3) is 0.300. The van der Waals surface area contributed by atoms with Crippen LogP contribution in [0, 0.1) is 6.92 Å². The van der Waals surface area contributed by atoms with Gasteiger partial charge in [-0.3, -0.25) is 0 Å². The average molecular weight is 246 g/mol. The van der Waals surface area contributed by atoms with Crippen molar-refractivity contribution in [1.29, 1.82) is 0 Å². The van der Waals surface area contributed by atoms with Crippen LogP contribution in [-0.2, 0) is 11.3 Å². The summed E-state index contributed by atoms with van der Waals surface area (Å²) < 4.78 is 4.75. The maximum atomic E-state index is 11.7. The summed E-state index contributed by atoms with van der Waals surface area (Å²) in [5.41, 5.74) is 18.1. The average Bonchev–Trinajstić information content (AvgIpc) is 2.37. The molecule has 92 valence electrons. The molecule has 8 heteroatoms. The molecule has 0 bridgehead atoms. The van der Waals surface area contributed by atoms with Crippen molar-refractivity contribution in [3.8, 4) is 0 Å². The molecule has 0 radical (unpaired) electrons. The van der Waals surface area contributed by atoms with Crippen LogP contribution in [0.15, 0.2) is 28.4 Å². The smallest absolute Gasteiger partial charge is 0.338 e. The van der Waals surface area contributed by atoms with E-state index < -0.39 is 5.97 Å². The molecule has 0 spiro atoms. The number of rotatable bonds is 5. The zero-order chi connectivity index (χ0) is 13.4. The Morgan fingerprint density at radius 1 is 1.33 bits per heavy atom. The van der Waals surface area contributed by atoms with Gasteiger partial charge in [-0.05, 0) is 35.2 Å². The van der Waals surface area contributed by atoms with E-state index in [1.165, 1.54) is 0 Å². The minimum absolute atomic E-state index is 0.166. The molecule has 0 fully saturated rings. The molecular weight excluding hydrogens is 236 g/mol. The number of benzene rings is 1. The quantitative estimate of drug-likeness (QED) is 0.342. The molecule has 1 aromatic rings. The van der Waals surface area contributed by atoms with Crippen molar-refractivity contribution in [2.24, 2.45) is 10.2 Å². The van der Waals surface area contributed by atoms with Gasteiger partial charge in [-0.1, -0.05) is 22.4 Å². The summed E-state index contributed by atoms with van der Waals surface area (Å²) >= 11 is 0. The van der Waals surface area contributed by atoms with Crippen LogP contribution >= 0.6 is 0 Å². The number of hydrogen-bond acceptors (Lipinski definition) is 4. The molecule has 0 aliphatic heterocycles. The SMILES string of the molecule is Cc1c(CN=[N+]=[N-])cccc1C(=O)OCN=[N+]=[N-]. The highest BCUT2D eigenvalue weighted by atomic mass is 16.5. The molecule has 18 heavy (non-hydrogen) atoms. The number of carbonyl (C=O) groups excluding carboxylic acids is 1. The number of ether oxygens (including phenoxy) is 1. The number of azide groups is 2. The van der Waals surface area contributed by atoms with Crippen molar-refractivity contribution < 1.29 is 9.53 Å². The molecule has 0 aromatic heterocycles. The normalized spacial score (nSPS) is 8.94. The Labute approximate surface area is 102 Å². The Morgan fingerprint density at radius 3 is 2.72 bits per heavy atom. The van der Waals surface area contributed by atoms with Crippen molar-refractivity contribution in [2.45, 2.75) is 13.5 Å². The van der Waals surface area contributed by atoms with Gasteiger partial charge in [0.1, 0.15) is 0 Å². The fourth-order valence-electron chi connectivity index (χ4n) is 1.37. The summed E-state index contributed by atoms with van der Waals surface area (Å²) in [4.78, 5) is 16.8. The van der Waals surface area contributed by atoms with Crippen LogP contribution in [0.3, 0.4) is 0 Å². The van der Waals surface area contributed by atoms with Crippen LogP contribution in [-0.4, -0.2) is 12.7 Å². The zero-order valence-electron chi connectivity index (χ0n) is 9.65. The molecule has 0 atom stereocenters. The number of nitrogens with zero attached hydrogens (tertiary/aromatic N) is 6. The van der Waals surface area contributed by atoms with E-state index in [1.54, 1.807) is 25.1 Å². The van der Waals surface area contributed by atoms with Gasteiger partial charge in [-0.15, -0.1) is 0 Å². The highest BCUT2D eigenvalue weighted by molar-refractivity contribution is 5.91. The van der Waals surface area contributed by atoms with Crippen molar-refractivity contribution in [2.75, 3.05) is 6.73 Å². The molecule has 0 saturated carbocycles. The summed E-state index contributed by atoms with van der Waals surface area (Å²) in [6.07, 6.45) is 0. The van der Waals surface area contributed by atoms with Gasteiger partial charge >= 0.3 is 5.97 Å². The molecule has 0 aliphatic rings. The molecule has 0 N–H and O–H groups in total. The largest absolute Gasteiger partial charge is 0.456 e. The number of hydrogen-bond donors (Lipinski definition) is 0. The second-order valence-electron chi connectivity index (χ2n) is 3.27. The molecule has 1 aromatic carbocycles. The third-order valence-corrected chi connectivity index (χ3v) is 2.29. The van der Waals surface area contributed by atoms with E-state index in [2.05, 4.69) is 20.1 Å². The monoisotopic (exact) mass is 246 g/mol. The Kier molecular flexibility index (Phi) is 5.05. The maximum Gasteiger partial charge on any atom is 0.338 e. The molecule has 0 unspecified atom stereocenters. The van der Waals surface area contributed by atoms with E-state index in [0.29, 0.717) is 11.1 Å². The molecule has 0 saturated heterocycles. The van der Waals surface area contributed by atoms with Crippen molar-refractivity contribution in [3.63, 3.8) is 0 Å². The lowest BCUT2D eigenvalue weighted by molar-refractivity contribution is 0.0514. The number of esters is 1. The van der Waals surface area contributed by atoms with Crippen LogP contribution < -0.4 is 0 Å². The lowest BCUT2D eigenvalue weighted by Crippen LogP contribution is -2.08. The van der Waals surface area contributed by atoms with Crippen LogP contribution in [0.5, 0.6) is 0 Å². The molecule has 0 amide bonds. The first kappa shape index (κ1) is 13.4. The van der Waals surface area contributed by atoms with Gasteiger partial charge in [0.25, 0.3) is 0 Å². The summed E-state index contributed by atoms with van der Waals surface area (Å²) in [7, 11) is 0. The molecular formula is C10H10N6O2. The lowest BCUT2D eigenvalue weighted by atomic mass is 10.0. The third kappa shape index (κ3) is 3.41. The van der Waals surface area contributed by atoms with Crippen molar-refractivity contribution >= 4 is 5.97 Å². The molecule has 0 aliphatic carbocycles. The Bertz CT molecular complexity index is 543. The first-order valence-corrected chi connectivity index (χ1v) is 4.98. The van der Waals surface area contributed by atoms with E-state index in [1.807, 2.05) is 0 Å². The van der Waals surface area contributed by atoms with Crippen LogP contribution in [0.4, 0.5) is 0 Å². The van der Waals surface area contributed by atoms with E-state index in [-0.39, 0.29) is 13.3 Å². The predicted molar refractivity (Wildman–Crippen MR) is 63.5 cm³/mol. The third-order valence-electron chi connectivity index (χ3n) is 2.29. The summed E-state index contributed by atoms with van der Waals surface area (Å²) in [5, 5.41) is 6.55. The Hall–Kier alpha value is -2.69. The van der Waals surface area contributed by atoms with Gasteiger partial charge in [-0.25, -0.2) is 4.79 Å². The van der Waals surface area contributed by atoms with Crippen LogP contribution in [0.1, 0.15) is 21.5 Å². The highest BCUT2D eigenvalue weighted by Crippen LogP contribution is 2.16. The predicted octanol–water partition coefficient (Wildman–Crippen LogP) is 3.23. The molecule has 1 rings (SSSR count). The molecule has 8 nitrogen and oxygen atoms in total. The van der Waals surface area contributed by atoms with Crippen molar-refractivity contribution in [3.05, 3.63) is 55.8 Å². The van der Waals surface area contributed by atoms with Gasteiger partial charge in [0.05, 0.1) is 12.1 Å². The first-order valence-electron chi connectivity index (χ1n) is 4.98. The first-order chi connectivity index (χ1) is 8.70. The minimum Gasteiger partial charge on any atom is -0.456 e. The number of carbonyl (C=O) groups is 1. The lowest BCUT2D eigenvalue weighted by Gasteiger charge is -2.08. The summed E-state index contributed by atoms with van der Waals surface area (Å²) in [6, 6.07) is 5.01. The molecule has 0 heterocycles. The summed E-state index contributed by atoms with van der Waals surface area (Å²) in [5.74, 6) is -0.581. The van der Waals surface area contributed by atoms with Gasteiger partial charge in [0.2, 0.25) is 0 Å². The highest BCUT2D eigenvalue weighted by Gasteiger charge is 2.12. The minimum atomic E-state index is -0.581. The Balaban J connectivity index is 2.91. The van der Waals surface area contributed by atoms with Crippen LogP contribution in [0.25, 0.3) is 20.9 Å². The second kappa shape index (κ2) is 6.80. The van der Waals surface area contributed by atoms with E-state index in [0.717, 1.165) is 5.56 Å².